The summed E-state index contributed by atoms with van der Waals surface area (Å²) in [6, 6.07) is 11.7. The molecule has 2 aromatic carbocycles. The maximum absolute atomic E-state index is 13.0. The van der Waals surface area contributed by atoms with Crippen LogP contribution < -0.4 is 4.74 Å². The minimum Gasteiger partial charge on any atom is -0.507 e. The number of rotatable bonds is 5. The van der Waals surface area contributed by atoms with Crippen LogP contribution in [-0.2, 0) is 16.0 Å². The summed E-state index contributed by atoms with van der Waals surface area (Å²) in [6.45, 7) is 1.62. The lowest BCUT2D eigenvalue weighted by Gasteiger charge is -2.26. The molecule has 7 heteroatoms. The number of hydrogen-bond acceptors (Lipinski definition) is 5. The van der Waals surface area contributed by atoms with Crippen LogP contribution in [0, 0.1) is 0 Å². The highest BCUT2D eigenvalue weighted by molar-refractivity contribution is 6.46. The predicted octanol–water partition coefficient (Wildman–Crippen LogP) is 3.65. The van der Waals surface area contributed by atoms with Gasteiger partial charge in [-0.25, -0.2) is 0 Å². The van der Waals surface area contributed by atoms with E-state index in [1.54, 1.807) is 30.3 Å². The van der Waals surface area contributed by atoms with E-state index in [4.69, 9.17) is 16.3 Å². The predicted molar refractivity (Wildman–Crippen MR) is 119 cm³/mol. The van der Waals surface area contributed by atoms with Gasteiger partial charge in [0, 0.05) is 23.7 Å². The van der Waals surface area contributed by atoms with Crippen molar-refractivity contribution in [3.63, 3.8) is 0 Å². The molecule has 2 heterocycles. The zero-order valence-corrected chi connectivity index (χ0v) is 18.4. The maximum Gasteiger partial charge on any atom is 0.295 e. The molecule has 1 saturated heterocycles. The van der Waals surface area contributed by atoms with E-state index in [9.17, 15) is 14.7 Å². The van der Waals surface area contributed by atoms with E-state index in [2.05, 4.69) is 0 Å². The van der Waals surface area contributed by atoms with Crippen molar-refractivity contribution in [2.75, 3.05) is 33.8 Å². The van der Waals surface area contributed by atoms with E-state index >= 15 is 0 Å². The highest BCUT2D eigenvalue weighted by Gasteiger charge is 2.45. The topological polar surface area (TPSA) is 70.1 Å². The monoisotopic (exact) mass is 440 g/mol. The average Bonchev–Trinajstić information content (AvgIpc) is 3.02. The second kappa shape index (κ2) is 8.73. The largest absolute Gasteiger partial charge is 0.507 e. The fourth-order valence-electron chi connectivity index (χ4n) is 4.07. The molecule has 1 unspecified atom stereocenters. The first kappa shape index (κ1) is 21.4. The number of amides is 1. The van der Waals surface area contributed by atoms with E-state index in [0.29, 0.717) is 30.3 Å². The number of benzene rings is 2. The van der Waals surface area contributed by atoms with E-state index in [0.717, 1.165) is 29.7 Å². The van der Waals surface area contributed by atoms with Crippen molar-refractivity contribution in [2.24, 2.45) is 0 Å². The molecule has 0 radical (unpaired) electrons. The number of ether oxygens (including phenoxy) is 1. The summed E-state index contributed by atoms with van der Waals surface area (Å²) in [5.41, 5.74) is 2.32. The third kappa shape index (κ3) is 4.18. The number of nitrogens with zero attached hydrogens (tertiary/aromatic N) is 2. The summed E-state index contributed by atoms with van der Waals surface area (Å²) in [6.07, 6.45) is 1.74. The summed E-state index contributed by atoms with van der Waals surface area (Å²) < 4.78 is 5.65. The molecule has 0 bridgehead atoms. The van der Waals surface area contributed by atoms with Crippen molar-refractivity contribution in [3.05, 3.63) is 69.8 Å². The highest BCUT2D eigenvalue weighted by atomic mass is 35.5. The Balaban J connectivity index is 1.81. The minimum absolute atomic E-state index is 0.0998. The number of aryl methyl sites for hydroxylation is 1. The van der Waals surface area contributed by atoms with E-state index in [1.807, 2.05) is 31.1 Å². The average molecular weight is 441 g/mol. The summed E-state index contributed by atoms with van der Waals surface area (Å²) in [5, 5.41) is 11.8. The van der Waals surface area contributed by atoms with Gasteiger partial charge in [0.2, 0.25) is 0 Å². The summed E-state index contributed by atoms with van der Waals surface area (Å²) in [7, 11) is 3.81. The SMILES string of the molecule is CN(C)CCN1C(=O)C(=O)/C(=C(\O)c2ccc3c(c2)CCCO3)C1c1ccc(Cl)cc1. The van der Waals surface area contributed by atoms with Gasteiger partial charge in [-0.15, -0.1) is 0 Å². The molecule has 1 N–H and O–H groups in total. The molecule has 0 saturated carbocycles. The van der Waals surface area contributed by atoms with Crippen molar-refractivity contribution < 1.29 is 19.4 Å². The van der Waals surface area contributed by atoms with E-state index in [1.165, 1.54) is 4.90 Å². The van der Waals surface area contributed by atoms with Crippen LogP contribution in [0.4, 0.5) is 0 Å². The van der Waals surface area contributed by atoms with Crippen LogP contribution in [0.3, 0.4) is 0 Å². The fraction of sp³-hybridized carbons (Fsp3) is 0.333. The Hall–Kier alpha value is -2.83. The van der Waals surface area contributed by atoms with E-state index < -0.39 is 17.7 Å². The lowest BCUT2D eigenvalue weighted by molar-refractivity contribution is -0.140. The van der Waals surface area contributed by atoms with Crippen molar-refractivity contribution in [1.82, 2.24) is 9.80 Å². The smallest absolute Gasteiger partial charge is 0.295 e. The van der Waals surface area contributed by atoms with Gasteiger partial charge in [-0.3, -0.25) is 9.59 Å². The second-order valence-corrected chi connectivity index (χ2v) is 8.56. The first-order valence-corrected chi connectivity index (χ1v) is 10.7. The maximum atomic E-state index is 13.0. The van der Waals surface area contributed by atoms with Gasteiger partial charge in [-0.05, 0) is 68.4 Å². The molecule has 0 spiro atoms. The van der Waals surface area contributed by atoms with Crippen molar-refractivity contribution in [3.8, 4) is 5.75 Å². The van der Waals surface area contributed by atoms with Crippen LogP contribution in [0.25, 0.3) is 5.76 Å². The fourth-order valence-corrected chi connectivity index (χ4v) is 4.20. The van der Waals surface area contributed by atoms with Crippen LogP contribution in [0.2, 0.25) is 5.02 Å². The molecular formula is C24H25ClN2O4. The zero-order chi connectivity index (χ0) is 22.1. The zero-order valence-electron chi connectivity index (χ0n) is 17.6. The number of carbonyl (C=O) groups is 2. The quantitative estimate of drug-likeness (QED) is 0.436. The third-order valence-electron chi connectivity index (χ3n) is 5.70. The number of carbonyl (C=O) groups excluding carboxylic acids is 2. The normalized spacial score (nSPS) is 20.1. The number of fused-ring (bicyclic) bond motifs is 1. The van der Waals surface area contributed by atoms with E-state index in [-0.39, 0.29) is 11.3 Å². The molecule has 1 atom stereocenters. The number of Topliss-reactive ketones (excluding diaryl/α,β-unsaturated/α-hetero) is 1. The number of halogens is 1. The molecular weight excluding hydrogens is 416 g/mol. The van der Waals surface area contributed by atoms with Gasteiger partial charge >= 0.3 is 0 Å². The summed E-state index contributed by atoms with van der Waals surface area (Å²) in [4.78, 5) is 29.4. The number of hydrogen-bond donors (Lipinski definition) is 1. The van der Waals surface area contributed by atoms with Crippen LogP contribution in [0.1, 0.15) is 29.2 Å². The number of ketones is 1. The Labute approximate surface area is 186 Å². The molecule has 1 amide bonds. The Morgan fingerprint density at radius 2 is 1.94 bits per heavy atom. The van der Waals surface area contributed by atoms with Gasteiger partial charge in [0.1, 0.15) is 11.5 Å². The molecule has 0 aromatic heterocycles. The van der Waals surface area contributed by atoms with Gasteiger partial charge in [-0.2, -0.15) is 0 Å². The summed E-state index contributed by atoms with van der Waals surface area (Å²) in [5.74, 6) is -0.655. The third-order valence-corrected chi connectivity index (χ3v) is 5.95. The first-order chi connectivity index (χ1) is 14.9. The molecule has 1 fully saturated rings. The second-order valence-electron chi connectivity index (χ2n) is 8.12. The standard InChI is InChI=1S/C24H25ClN2O4/c1-26(2)11-12-27-21(15-5-8-18(25)9-6-15)20(23(29)24(27)30)22(28)17-7-10-19-16(14-17)4-3-13-31-19/h5-10,14,21,28H,3-4,11-13H2,1-2H3/b22-20-. The molecule has 162 valence electrons. The van der Waals surface area contributed by atoms with Crippen LogP contribution in [-0.4, -0.2) is 60.4 Å². The van der Waals surface area contributed by atoms with Gasteiger partial charge < -0.3 is 19.6 Å². The lowest BCUT2D eigenvalue weighted by atomic mass is 9.94. The van der Waals surface area contributed by atoms with Gasteiger partial charge in [-0.1, -0.05) is 23.7 Å². The van der Waals surface area contributed by atoms with Crippen molar-refractivity contribution in [1.29, 1.82) is 0 Å². The minimum atomic E-state index is -0.676. The Morgan fingerprint density at radius 3 is 2.65 bits per heavy atom. The molecule has 31 heavy (non-hydrogen) atoms. The molecule has 0 aliphatic carbocycles. The number of aliphatic hydroxyl groups excluding tert-OH is 1. The number of likely N-dealkylation sites (N-methyl/N-ethyl adjacent to an activating group) is 1. The Kier molecular flexibility index (Phi) is 6.03. The molecule has 6 nitrogen and oxygen atoms in total. The van der Waals surface area contributed by atoms with Gasteiger partial charge in [0.05, 0.1) is 18.2 Å². The molecule has 4 rings (SSSR count). The van der Waals surface area contributed by atoms with Crippen LogP contribution >= 0.6 is 11.6 Å². The van der Waals surface area contributed by atoms with Crippen LogP contribution in [0.5, 0.6) is 5.75 Å². The first-order valence-electron chi connectivity index (χ1n) is 10.3. The van der Waals surface area contributed by atoms with Gasteiger partial charge in [0.25, 0.3) is 11.7 Å². The van der Waals surface area contributed by atoms with Gasteiger partial charge in [0.15, 0.2) is 0 Å². The highest BCUT2D eigenvalue weighted by Crippen LogP contribution is 2.40. The Morgan fingerprint density at radius 1 is 1.19 bits per heavy atom. The molecule has 2 aliphatic rings. The molecule has 2 aliphatic heterocycles. The van der Waals surface area contributed by atoms with Crippen LogP contribution in [0.15, 0.2) is 48.0 Å². The number of aliphatic hydroxyl groups is 1. The van der Waals surface area contributed by atoms with Crippen molar-refractivity contribution in [2.45, 2.75) is 18.9 Å². The number of likely N-dealkylation sites (tertiary alicyclic amines) is 1. The van der Waals surface area contributed by atoms with Crippen molar-refractivity contribution >= 4 is 29.1 Å². The lowest BCUT2D eigenvalue weighted by Crippen LogP contribution is -2.35. The molecule has 2 aromatic rings. The Bertz CT molecular complexity index is 1050. The summed E-state index contributed by atoms with van der Waals surface area (Å²) >= 11 is 6.05.